The third kappa shape index (κ3) is 2.82. The summed E-state index contributed by atoms with van der Waals surface area (Å²) in [6.07, 6.45) is 5.32. The first-order valence-electron chi connectivity index (χ1n) is 7.13. The second-order valence-electron chi connectivity index (χ2n) is 6.28. The predicted octanol–water partition coefficient (Wildman–Crippen LogP) is 2.72. The Morgan fingerprint density at radius 1 is 1.35 bits per heavy atom. The predicted molar refractivity (Wildman–Crippen MR) is 77.5 cm³/mol. The highest BCUT2D eigenvalue weighted by Gasteiger charge is 2.47. The number of rotatable bonds is 4. The van der Waals surface area contributed by atoms with Crippen LogP contribution in [0.2, 0.25) is 0 Å². The minimum atomic E-state index is 0.320. The maximum Gasteiger partial charge on any atom is 0.0357 e. The lowest BCUT2D eigenvalue weighted by Crippen LogP contribution is -2.56. The molecule has 1 heterocycles. The summed E-state index contributed by atoms with van der Waals surface area (Å²) in [5, 5.41) is 0. The quantitative estimate of drug-likeness (QED) is 0.838. The topological polar surface area (TPSA) is 29.3 Å². The zero-order valence-electron chi connectivity index (χ0n) is 11.7. The second kappa shape index (κ2) is 5.10. The van der Waals surface area contributed by atoms with Gasteiger partial charge in [0.25, 0.3) is 0 Å². The minimum absolute atomic E-state index is 0.320. The van der Waals surface area contributed by atoms with Crippen LogP contribution in [0.15, 0.2) is 0 Å². The summed E-state index contributed by atoms with van der Waals surface area (Å²) in [5.41, 5.74) is 6.48. The van der Waals surface area contributed by atoms with Gasteiger partial charge in [0.2, 0.25) is 0 Å². The van der Waals surface area contributed by atoms with Gasteiger partial charge in [0, 0.05) is 35.7 Å². The van der Waals surface area contributed by atoms with Gasteiger partial charge in [0.1, 0.15) is 0 Å². The van der Waals surface area contributed by atoms with E-state index in [2.05, 4.69) is 37.4 Å². The Kier molecular flexibility index (Phi) is 4.11. The van der Waals surface area contributed by atoms with Crippen molar-refractivity contribution in [2.24, 2.45) is 11.7 Å². The van der Waals surface area contributed by atoms with Gasteiger partial charge in [-0.1, -0.05) is 20.8 Å². The third-order valence-electron chi connectivity index (χ3n) is 4.77. The molecule has 0 aromatic carbocycles. The molecule has 100 valence electrons. The van der Waals surface area contributed by atoms with Crippen molar-refractivity contribution in [2.75, 3.05) is 25.4 Å². The molecule has 1 saturated carbocycles. The molecule has 0 bridgehead atoms. The van der Waals surface area contributed by atoms with Crippen molar-refractivity contribution in [1.82, 2.24) is 4.90 Å². The first-order valence-corrected chi connectivity index (χ1v) is 8.12. The van der Waals surface area contributed by atoms with Crippen LogP contribution in [0.1, 0.15) is 46.5 Å². The standard InChI is InChI=1S/C14H28N2S/c1-4-14(11-15,12-5-6-12)16-8-7-13(2,3)17-10-9-16/h12H,4-11,15H2,1-3H3. The van der Waals surface area contributed by atoms with Gasteiger partial charge in [0.05, 0.1) is 0 Å². The molecule has 0 aromatic heterocycles. The maximum atomic E-state index is 6.16. The van der Waals surface area contributed by atoms with Crippen LogP contribution in [-0.4, -0.2) is 40.6 Å². The van der Waals surface area contributed by atoms with E-state index in [1.54, 1.807) is 0 Å². The Bertz CT molecular complexity index is 257. The van der Waals surface area contributed by atoms with E-state index in [0.717, 1.165) is 12.5 Å². The highest BCUT2D eigenvalue weighted by Crippen LogP contribution is 2.46. The molecule has 1 aliphatic heterocycles. The normalized spacial score (nSPS) is 29.6. The minimum Gasteiger partial charge on any atom is -0.329 e. The van der Waals surface area contributed by atoms with Crippen molar-refractivity contribution in [1.29, 1.82) is 0 Å². The van der Waals surface area contributed by atoms with Crippen LogP contribution in [0.5, 0.6) is 0 Å². The smallest absolute Gasteiger partial charge is 0.0357 e. The largest absolute Gasteiger partial charge is 0.329 e. The van der Waals surface area contributed by atoms with E-state index in [1.807, 2.05) is 0 Å². The van der Waals surface area contributed by atoms with E-state index < -0.39 is 0 Å². The fourth-order valence-corrected chi connectivity index (χ4v) is 4.40. The fourth-order valence-electron chi connectivity index (χ4n) is 3.30. The Labute approximate surface area is 111 Å². The Hall–Kier alpha value is 0.270. The summed E-state index contributed by atoms with van der Waals surface area (Å²) in [6.45, 7) is 10.4. The van der Waals surface area contributed by atoms with Crippen LogP contribution in [-0.2, 0) is 0 Å². The van der Waals surface area contributed by atoms with Gasteiger partial charge in [-0.2, -0.15) is 11.8 Å². The maximum absolute atomic E-state index is 6.16. The molecule has 2 fully saturated rings. The summed E-state index contributed by atoms with van der Waals surface area (Å²) < 4.78 is 0.451. The average Bonchev–Trinajstić information content (AvgIpc) is 3.11. The van der Waals surface area contributed by atoms with Crippen LogP contribution in [0.4, 0.5) is 0 Å². The average molecular weight is 256 g/mol. The summed E-state index contributed by atoms with van der Waals surface area (Å²) in [5.74, 6) is 2.14. The Morgan fingerprint density at radius 3 is 2.59 bits per heavy atom. The molecule has 1 unspecified atom stereocenters. The summed E-state index contributed by atoms with van der Waals surface area (Å²) in [6, 6.07) is 0. The molecular formula is C14H28N2S. The Balaban J connectivity index is 2.08. The highest BCUT2D eigenvalue weighted by atomic mass is 32.2. The van der Waals surface area contributed by atoms with Gasteiger partial charge in [0.15, 0.2) is 0 Å². The van der Waals surface area contributed by atoms with Crippen molar-refractivity contribution in [3.63, 3.8) is 0 Å². The van der Waals surface area contributed by atoms with Gasteiger partial charge < -0.3 is 5.73 Å². The molecule has 1 aliphatic carbocycles. The van der Waals surface area contributed by atoms with Crippen LogP contribution in [0, 0.1) is 5.92 Å². The summed E-state index contributed by atoms with van der Waals surface area (Å²) in [4.78, 5) is 2.73. The zero-order chi connectivity index (χ0) is 12.5. The molecule has 3 heteroatoms. The number of thioether (sulfide) groups is 1. The first kappa shape index (κ1) is 13.7. The van der Waals surface area contributed by atoms with Crippen molar-refractivity contribution < 1.29 is 0 Å². The molecule has 0 aromatic rings. The molecule has 2 rings (SSSR count). The molecule has 0 amide bonds. The van der Waals surface area contributed by atoms with Crippen molar-refractivity contribution >= 4 is 11.8 Å². The van der Waals surface area contributed by atoms with E-state index in [-0.39, 0.29) is 0 Å². The third-order valence-corrected chi connectivity index (χ3v) is 6.14. The number of hydrogen-bond acceptors (Lipinski definition) is 3. The van der Waals surface area contributed by atoms with Gasteiger partial charge in [-0.05, 0) is 31.6 Å². The molecular weight excluding hydrogens is 228 g/mol. The summed E-state index contributed by atoms with van der Waals surface area (Å²) in [7, 11) is 0. The molecule has 2 N–H and O–H groups in total. The van der Waals surface area contributed by atoms with E-state index in [1.165, 1.54) is 44.5 Å². The van der Waals surface area contributed by atoms with Gasteiger partial charge >= 0.3 is 0 Å². The van der Waals surface area contributed by atoms with Crippen LogP contribution in [0.25, 0.3) is 0 Å². The molecule has 1 atom stereocenters. The SMILES string of the molecule is CCC(CN)(C1CC1)N1CCSC(C)(C)CC1. The molecule has 17 heavy (non-hydrogen) atoms. The molecule has 1 saturated heterocycles. The first-order chi connectivity index (χ1) is 8.04. The lowest BCUT2D eigenvalue weighted by Gasteiger charge is -2.43. The Morgan fingerprint density at radius 2 is 2.06 bits per heavy atom. The van der Waals surface area contributed by atoms with Gasteiger partial charge in [-0.25, -0.2) is 0 Å². The van der Waals surface area contributed by atoms with E-state index in [4.69, 9.17) is 5.73 Å². The molecule has 0 spiro atoms. The second-order valence-corrected chi connectivity index (χ2v) is 8.08. The van der Waals surface area contributed by atoms with Crippen molar-refractivity contribution in [3.8, 4) is 0 Å². The van der Waals surface area contributed by atoms with Gasteiger partial charge in [-0.15, -0.1) is 0 Å². The number of nitrogens with two attached hydrogens (primary N) is 1. The lowest BCUT2D eigenvalue weighted by molar-refractivity contribution is 0.0735. The molecule has 2 nitrogen and oxygen atoms in total. The molecule has 0 radical (unpaired) electrons. The number of nitrogens with zero attached hydrogens (tertiary/aromatic N) is 1. The lowest BCUT2D eigenvalue weighted by atomic mass is 9.87. The van der Waals surface area contributed by atoms with E-state index in [9.17, 15) is 0 Å². The van der Waals surface area contributed by atoms with Crippen molar-refractivity contribution in [3.05, 3.63) is 0 Å². The van der Waals surface area contributed by atoms with Crippen molar-refractivity contribution in [2.45, 2.75) is 56.7 Å². The van der Waals surface area contributed by atoms with Crippen LogP contribution in [0.3, 0.4) is 0 Å². The van der Waals surface area contributed by atoms with E-state index >= 15 is 0 Å². The van der Waals surface area contributed by atoms with Gasteiger partial charge in [-0.3, -0.25) is 4.90 Å². The number of hydrogen-bond donors (Lipinski definition) is 1. The zero-order valence-corrected chi connectivity index (χ0v) is 12.5. The van der Waals surface area contributed by atoms with Crippen LogP contribution < -0.4 is 5.73 Å². The van der Waals surface area contributed by atoms with E-state index in [0.29, 0.717) is 10.3 Å². The summed E-state index contributed by atoms with van der Waals surface area (Å²) >= 11 is 2.13. The monoisotopic (exact) mass is 256 g/mol. The fraction of sp³-hybridized carbons (Fsp3) is 1.00. The highest BCUT2D eigenvalue weighted by molar-refractivity contribution is 8.00. The van der Waals surface area contributed by atoms with Crippen LogP contribution >= 0.6 is 11.8 Å². The molecule has 2 aliphatic rings.